The standard InChI is InChI=1S/C24H32FN7O5/c1-24(2,3)37-22(34)28-9-4-10-32(27)30-21(26)20-8-5-15(12-29-20)18-7-6-16(11-19(18)25)31-13-17(14-33)36-23(31)35/h5-8,11-12,17,33H,4,9-10,13-14,27H2,1-3H3,(H2,26,30)(H,28,34). The van der Waals surface area contributed by atoms with E-state index in [0.29, 0.717) is 36.5 Å². The molecule has 1 aromatic carbocycles. The van der Waals surface area contributed by atoms with Crippen LogP contribution >= 0.6 is 0 Å². The minimum atomic E-state index is -0.641. The van der Waals surface area contributed by atoms with Gasteiger partial charge in [0.15, 0.2) is 5.84 Å². The number of aliphatic hydroxyl groups is 1. The summed E-state index contributed by atoms with van der Waals surface area (Å²) in [5, 5.41) is 17.0. The summed E-state index contributed by atoms with van der Waals surface area (Å²) in [4.78, 5) is 29.1. The second-order valence-corrected chi connectivity index (χ2v) is 9.33. The van der Waals surface area contributed by atoms with Gasteiger partial charge in [0.2, 0.25) is 0 Å². The van der Waals surface area contributed by atoms with Gasteiger partial charge in [-0.25, -0.2) is 24.9 Å². The topological polar surface area (TPSA) is 169 Å². The Morgan fingerprint density at radius 1 is 1.38 bits per heavy atom. The lowest BCUT2D eigenvalue weighted by Crippen LogP contribution is -2.35. The number of benzene rings is 1. The number of anilines is 1. The first-order chi connectivity index (χ1) is 17.5. The number of amidine groups is 1. The molecule has 1 atom stereocenters. The molecule has 37 heavy (non-hydrogen) atoms. The molecule has 1 aliphatic heterocycles. The lowest BCUT2D eigenvalue weighted by atomic mass is 10.1. The quantitative estimate of drug-likeness (QED) is 0.128. The number of ether oxygens (including phenoxy) is 2. The van der Waals surface area contributed by atoms with Gasteiger partial charge >= 0.3 is 12.2 Å². The van der Waals surface area contributed by atoms with Gasteiger partial charge in [0.1, 0.15) is 23.2 Å². The number of carbonyl (C=O) groups is 2. The molecule has 200 valence electrons. The predicted molar refractivity (Wildman–Crippen MR) is 135 cm³/mol. The van der Waals surface area contributed by atoms with Crippen molar-refractivity contribution in [2.45, 2.75) is 38.9 Å². The number of hydrazone groups is 1. The van der Waals surface area contributed by atoms with Gasteiger partial charge in [-0.15, -0.1) is 5.10 Å². The maximum absolute atomic E-state index is 14.8. The number of cyclic esters (lactones) is 1. The summed E-state index contributed by atoms with van der Waals surface area (Å²) in [5.74, 6) is 5.37. The molecule has 0 radical (unpaired) electrons. The number of nitrogens with two attached hydrogens (primary N) is 2. The molecule has 0 spiro atoms. The third kappa shape index (κ3) is 7.75. The number of hydrogen-bond acceptors (Lipinski definition) is 9. The highest BCUT2D eigenvalue weighted by Gasteiger charge is 2.32. The van der Waals surface area contributed by atoms with E-state index in [-0.39, 0.29) is 24.6 Å². The molecular formula is C24H32FN7O5. The molecule has 3 rings (SSSR count). The lowest BCUT2D eigenvalue weighted by Gasteiger charge is -2.20. The van der Waals surface area contributed by atoms with Gasteiger partial charge in [0.05, 0.1) is 25.4 Å². The summed E-state index contributed by atoms with van der Waals surface area (Å²) in [5.41, 5.74) is 6.87. The highest BCUT2D eigenvalue weighted by molar-refractivity contribution is 5.95. The van der Waals surface area contributed by atoms with E-state index in [0.717, 1.165) is 5.12 Å². The van der Waals surface area contributed by atoms with Crippen LogP contribution in [0.15, 0.2) is 41.6 Å². The Labute approximate surface area is 214 Å². The average molecular weight is 518 g/mol. The first-order valence-corrected chi connectivity index (χ1v) is 11.7. The van der Waals surface area contributed by atoms with Crippen molar-refractivity contribution in [1.29, 1.82) is 0 Å². The molecule has 1 aliphatic rings. The van der Waals surface area contributed by atoms with Crippen molar-refractivity contribution in [3.63, 3.8) is 0 Å². The molecule has 13 heteroatoms. The number of carbonyl (C=O) groups excluding carboxylic acids is 2. The molecule has 1 saturated heterocycles. The number of halogens is 1. The van der Waals surface area contributed by atoms with E-state index in [1.165, 1.54) is 23.2 Å². The number of aliphatic hydroxyl groups excluding tert-OH is 1. The van der Waals surface area contributed by atoms with E-state index in [9.17, 15) is 19.1 Å². The van der Waals surface area contributed by atoms with Crippen LogP contribution in [0.3, 0.4) is 0 Å². The van der Waals surface area contributed by atoms with Crippen LogP contribution in [0, 0.1) is 5.82 Å². The van der Waals surface area contributed by atoms with Gasteiger partial charge in [-0.1, -0.05) is 6.07 Å². The maximum atomic E-state index is 14.8. The SMILES string of the molecule is CC(C)(C)OC(=O)NCCCN(N)/N=C(\N)c1ccc(-c2ccc(N3CC(CO)OC3=O)cc2F)cn1. The number of hydrazine groups is 1. The Morgan fingerprint density at radius 2 is 2.14 bits per heavy atom. The fourth-order valence-electron chi connectivity index (χ4n) is 3.42. The van der Waals surface area contributed by atoms with Crippen molar-refractivity contribution in [1.82, 2.24) is 15.4 Å². The molecule has 1 unspecified atom stereocenters. The van der Waals surface area contributed by atoms with Crippen LogP contribution in [0.1, 0.15) is 32.9 Å². The second-order valence-electron chi connectivity index (χ2n) is 9.33. The molecule has 6 N–H and O–H groups in total. The number of hydrogen-bond donors (Lipinski definition) is 4. The van der Waals surface area contributed by atoms with Gasteiger partial charge in [0, 0.05) is 23.9 Å². The van der Waals surface area contributed by atoms with Crippen LogP contribution < -0.4 is 21.8 Å². The Bertz CT molecular complexity index is 1140. The van der Waals surface area contributed by atoms with Crippen LogP contribution in [-0.2, 0) is 9.47 Å². The zero-order valence-corrected chi connectivity index (χ0v) is 21.0. The largest absolute Gasteiger partial charge is 0.444 e. The smallest absolute Gasteiger partial charge is 0.414 e. The number of amides is 2. The highest BCUT2D eigenvalue weighted by atomic mass is 19.1. The zero-order valence-electron chi connectivity index (χ0n) is 21.0. The van der Waals surface area contributed by atoms with E-state index >= 15 is 0 Å². The van der Waals surface area contributed by atoms with E-state index in [4.69, 9.17) is 21.1 Å². The monoisotopic (exact) mass is 517 g/mol. The van der Waals surface area contributed by atoms with E-state index in [1.54, 1.807) is 39.0 Å². The third-order valence-corrected chi connectivity index (χ3v) is 5.15. The Balaban J connectivity index is 1.56. The van der Waals surface area contributed by atoms with Crippen molar-refractivity contribution >= 4 is 23.7 Å². The Hall–Kier alpha value is -3.97. The number of alkyl carbamates (subject to hydrolysis) is 1. The molecule has 2 aromatic rings. The van der Waals surface area contributed by atoms with Crippen LogP contribution in [0.2, 0.25) is 0 Å². The summed E-state index contributed by atoms with van der Waals surface area (Å²) in [7, 11) is 0. The van der Waals surface area contributed by atoms with Gasteiger partial charge in [-0.2, -0.15) is 0 Å². The number of pyridine rings is 1. The summed E-state index contributed by atoms with van der Waals surface area (Å²) in [6.45, 7) is 5.83. The first kappa shape index (κ1) is 27.6. The summed E-state index contributed by atoms with van der Waals surface area (Å²) < 4.78 is 25.0. The van der Waals surface area contributed by atoms with Crippen LogP contribution in [-0.4, -0.2) is 71.2 Å². The van der Waals surface area contributed by atoms with E-state index < -0.39 is 29.7 Å². The first-order valence-electron chi connectivity index (χ1n) is 11.7. The third-order valence-electron chi connectivity index (χ3n) is 5.15. The number of nitrogens with one attached hydrogen (secondary N) is 1. The summed E-state index contributed by atoms with van der Waals surface area (Å²) in [6.07, 6.45) is 0.165. The number of nitrogens with zero attached hydrogens (tertiary/aromatic N) is 4. The molecule has 0 bridgehead atoms. The maximum Gasteiger partial charge on any atom is 0.414 e. The minimum Gasteiger partial charge on any atom is -0.444 e. The van der Waals surface area contributed by atoms with Crippen molar-refractivity contribution in [2.75, 3.05) is 31.1 Å². The molecule has 2 amide bonds. The van der Waals surface area contributed by atoms with Crippen molar-refractivity contribution in [3.8, 4) is 11.1 Å². The fourth-order valence-corrected chi connectivity index (χ4v) is 3.42. The summed E-state index contributed by atoms with van der Waals surface area (Å²) in [6, 6.07) is 7.58. The molecule has 1 aromatic heterocycles. The molecule has 0 saturated carbocycles. The van der Waals surface area contributed by atoms with Crippen molar-refractivity contribution in [3.05, 3.63) is 48.0 Å². The van der Waals surface area contributed by atoms with Crippen LogP contribution in [0.5, 0.6) is 0 Å². The van der Waals surface area contributed by atoms with Gasteiger partial charge in [-0.05, 0) is 51.5 Å². The number of aromatic nitrogens is 1. The van der Waals surface area contributed by atoms with Crippen molar-refractivity contribution in [2.24, 2.45) is 16.7 Å². The normalized spacial score (nSPS) is 15.9. The molecular weight excluding hydrogens is 485 g/mol. The highest BCUT2D eigenvalue weighted by Crippen LogP contribution is 2.28. The van der Waals surface area contributed by atoms with E-state index in [1.807, 2.05) is 0 Å². The van der Waals surface area contributed by atoms with Crippen LogP contribution in [0.25, 0.3) is 11.1 Å². The van der Waals surface area contributed by atoms with E-state index in [2.05, 4.69) is 15.4 Å². The molecule has 12 nitrogen and oxygen atoms in total. The fraction of sp³-hybridized carbons (Fsp3) is 0.417. The Kier molecular flexibility index (Phi) is 8.84. The summed E-state index contributed by atoms with van der Waals surface area (Å²) >= 11 is 0. The van der Waals surface area contributed by atoms with Gasteiger partial charge < -0.3 is 25.6 Å². The molecule has 1 fully saturated rings. The number of rotatable bonds is 9. The molecule has 2 heterocycles. The Morgan fingerprint density at radius 3 is 2.73 bits per heavy atom. The zero-order chi connectivity index (χ0) is 27.2. The van der Waals surface area contributed by atoms with Crippen LogP contribution in [0.4, 0.5) is 19.7 Å². The predicted octanol–water partition coefficient (Wildman–Crippen LogP) is 1.92. The average Bonchev–Trinajstić information content (AvgIpc) is 3.21. The second kappa shape index (κ2) is 11.8. The lowest BCUT2D eigenvalue weighted by molar-refractivity contribution is 0.0525. The van der Waals surface area contributed by atoms with Gasteiger partial charge in [-0.3, -0.25) is 9.88 Å². The van der Waals surface area contributed by atoms with Crippen molar-refractivity contribution < 1.29 is 28.6 Å². The minimum absolute atomic E-state index is 0.0657. The molecule has 0 aliphatic carbocycles. The van der Waals surface area contributed by atoms with Gasteiger partial charge in [0.25, 0.3) is 0 Å².